The van der Waals surface area contributed by atoms with E-state index in [4.69, 9.17) is 0 Å². The third-order valence-corrected chi connectivity index (χ3v) is 8.15. The quantitative estimate of drug-likeness (QED) is 0.337. The molecule has 1 N–H and O–H groups in total. The van der Waals surface area contributed by atoms with Gasteiger partial charge >= 0.3 is 0 Å². The lowest BCUT2D eigenvalue weighted by molar-refractivity contribution is -0.139. The van der Waals surface area contributed by atoms with Crippen LogP contribution in [0.4, 0.5) is 5.69 Å². The molecule has 0 aliphatic heterocycles. The van der Waals surface area contributed by atoms with E-state index in [0.29, 0.717) is 12.2 Å². The Bertz CT molecular complexity index is 1330. The van der Waals surface area contributed by atoms with Crippen LogP contribution < -0.4 is 9.62 Å². The Labute approximate surface area is 226 Å². The normalized spacial score (nSPS) is 12.0. The average Bonchev–Trinajstić information content (AvgIpc) is 2.90. The van der Waals surface area contributed by atoms with Gasteiger partial charge in [-0.1, -0.05) is 79.1 Å². The minimum absolute atomic E-state index is 0.0929. The Hall–Kier alpha value is -3.65. The van der Waals surface area contributed by atoms with Crippen molar-refractivity contribution in [3.05, 3.63) is 95.6 Å². The maximum atomic E-state index is 13.9. The highest BCUT2D eigenvalue weighted by Crippen LogP contribution is 2.24. The van der Waals surface area contributed by atoms with Crippen LogP contribution in [-0.4, -0.2) is 44.3 Å². The lowest BCUT2D eigenvalue weighted by atomic mass is 10.1. The molecule has 0 unspecified atom stereocenters. The van der Waals surface area contributed by atoms with Crippen molar-refractivity contribution >= 4 is 27.5 Å². The van der Waals surface area contributed by atoms with E-state index in [1.807, 2.05) is 45.0 Å². The third-order valence-electron chi connectivity index (χ3n) is 6.36. The van der Waals surface area contributed by atoms with E-state index in [-0.39, 0.29) is 17.3 Å². The van der Waals surface area contributed by atoms with Gasteiger partial charge in [-0.05, 0) is 57.0 Å². The van der Waals surface area contributed by atoms with Crippen LogP contribution in [0.15, 0.2) is 83.8 Å². The molecule has 7 nitrogen and oxygen atoms in total. The summed E-state index contributed by atoms with van der Waals surface area (Å²) in [7, 11) is -4.06. The summed E-state index contributed by atoms with van der Waals surface area (Å²) in [5.41, 5.74) is 3.19. The van der Waals surface area contributed by atoms with Crippen molar-refractivity contribution in [2.45, 2.75) is 58.0 Å². The number of aryl methyl sites for hydroxylation is 2. The molecule has 3 aromatic carbocycles. The number of carbonyl (C=O) groups excluding carboxylic acids is 2. The molecule has 0 spiro atoms. The summed E-state index contributed by atoms with van der Waals surface area (Å²) < 4.78 is 28.6. The van der Waals surface area contributed by atoms with Crippen LogP contribution >= 0.6 is 0 Å². The first-order chi connectivity index (χ1) is 18.1. The fourth-order valence-electron chi connectivity index (χ4n) is 4.09. The van der Waals surface area contributed by atoms with E-state index < -0.39 is 28.5 Å². The number of unbranched alkanes of at least 4 members (excludes halogenated alkanes) is 1. The van der Waals surface area contributed by atoms with Crippen LogP contribution in [0.1, 0.15) is 43.4 Å². The van der Waals surface area contributed by atoms with E-state index in [1.54, 1.807) is 61.5 Å². The molecule has 38 heavy (non-hydrogen) atoms. The van der Waals surface area contributed by atoms with Crippen molar-refractivity contribution in [3.63, 3.8) is 0 Å². The molecular formula is C30H37N3O4S. The topological polar surface area (TPSA) is 86.8 Å². The zero-order valence-corrected chi connectivity index (χ0v) is 23.4. The van der Waals surface area contributed by atoms with Crippen LogP contribution in [0.5, 0.6) is 0 Å². The average molecular weight is 536 g/mol. The molecule has 8 heteroatoms. The molecule has 202 valence electrons. The number of para-hydroxylation sites is 1. The summed E-state index contributed by atoms with van der Waals surface area (Å²) in [5.74, 6) is -0.740. The van der Waals surface area contributed by atoms with Crippen molar-refractivity contribution in [1.82, 2.24) is 10.2 Å². The third kappa shape index (κ3) is 7.44. The molecular weight excluding hydrogens is 498 g/mol. The van der Waals surface area contributed by atoms with E-state index >= 15 is 0 Å². The molecule has 0 aliphatic carbocycles. The molecule has 3 rings (SSSR count). The molecule has 2 amide bonds. The van der Waals surface area contributed by atoms with Gasteiger partial charge < -0.3 is 10.2 Å². The van der Waals surface area contributed by atoms with Crippen LogP contribution in [0.2, 0.25) is 0 Å². The standard InChI is InChI=1S/C30H37N3O4S/c1-5-6-19-31-30(35)25(4)32(21-26-12-10-11-24(3)20-26)29(34)22-33(27-13-8-7-9-14-27)38(36,37)28-17-15-23(2)16-18-28/h7-18,20,25H,5-6,19,21-22H2,1-4H3,(H,31,35)/t25-/m0/s1. The molecule has 0 radical (unpaired) electrons. The molecule has 0 fully saturated rings. The summed E-state index contributed by atoms with van der Waals surface area (Å²) in [4.78, 5) is 28.4. The Morgan fingerprint density at radius 2 is 1.58 bits per heavy atom. The fraction of sp³-hybridized carbons (Fsp3) is 0.333. The Kier molecular flexibility index (Phi) is 10.1. The Morgan fingerprint density at radius 1 is 0.895 bits per heavy atom. The molecule has 3 aromatic rings. The largest absolute Gasteiger partial charge is 0.354 e. The highest BCUT2D eigenvalue weighted by atomic mass is 32.2. The number of carbonyl (C=O) groups is 2. The van der Waals surface area contributed by atoms with Crippen molar-refractivity contribution in [1.29, 1.82) is 0 Å². The van der Waals surface area contributed by atoms with Gasteiger partial charge in [-0.3, -0.25) is 13.9 Å². The second kappa shape index (κ2) is 13.2. The molecule has 0 aromatic heterocycles. The number of hydrogen-bond acceptors (Lipinski definition) is 4. The number of nitrogens with one attached hydrogen (secondary N) is 1. The fourth-order valence-corrected chi connectivity index (χ4v) is 5.50. The maximum Gasteiger partial charge on any atom is 0.264 e. The first kappa shape index (κ1) is 28.9. The molecule has 0 saturated carbocycles. The van der Waals surface area contributed by atoms with Gasteiger partial charge in [-0.25, -0.2) is 8.42 Å². The number of nitrogens with zero attached hydrogens (tertiary/aromatic N) is 2. The van der Waals surface area contributed by atoms with Crippen LogP contribution in [0, 0.1) is 13.8 Å². The number of benzene rings is 3. The van der Waals surface area contributed by atoms with Crippen molar-refractivity contribution in [3.8, 4) is 0 Å². The van der Waals surface area contributed by atoms with Gasteiger partial charge in [0.1, 0.15) is 12.6 Å². The molecule has 0 saturated heterocycles. The smallest absolute Gasteiger partial charge is 0.264 e. The summed E-state index contributed by atoms with van der Waals surface area (Å²) in [6.45, 7) is 7.80. The first-order valence-electron chi connectivity index (χ1n) is 12.9. The summed E-state index contributed by atoms with van der Waals surface area (Å²) in [5, 5.41) is 2.90. The lowest BCUT2D eigenvalue weighted by Gasteiger charge is -2.32. The van der Waals surface area contributed by atoms with Gasteiger partial charge in [-0.15, -0.1) is 0 Å². The van der Waals surface area contributed by atoms with Gasteiger partial charge in [0.2, 0.25) is 11.8 Å². The summed E-state index contributed by atoms with van der Waals surface area (Å²) in [6.07, 6.45) is 1.77. The SMILES string of the molecule is CCCCNC(=O)[C@H](C)N(Cc1cccc(C)c1)C(=O)CN(c1ccccc1)S(=O)(=O)c1ccc(C)cc1. The highest BCUT2D eigenvalue weighted by molar-refractivity contribution is 7.92. The number of sulfonamides is 1. The predicted octanol–water partition coefficient (Wildman–Crippen LogP) is 4.83. The minimum Gasteiger partial charge on any atom is -0.354 e. The van der Waals surface area contributed by atoms with Gasteiger partial charge in [0, 0.05) is 13.1 Å². The zero-order valence-electron chi connectivity index (χ0n) is 22.6. The monoisotopic (exact) mass is 535 g/mol. The van der Waals surface area contributed by atoms with Gasteiger partial charge in [0.05, 0.1) is 10.6 Å². The van der Waals surface area contributed by atoms with Crippen LogP contribution in [-0.2, 0) is 26.2 Å². The van der Waals surface area contributed by atoms with Gasteiger partial charge in [-0.2, -0.15) is 0 Å². The Balaban J connectivity index is 1.97. The molecule has 0 bridgehead atoms. The molecule has 0 heterocycles. The van der Waals surface area contributed by atoms with Gasteiger partial charge in [0.15, 0.2) is 0 Å². The number of amides is 2. The summed E-state index contributed by atoms with van der Waals surface area (Å²) in [6, 6.07) is 22.0. The van der Waals surface area contributed by atoms with E-state index in [9.17, 15) is 18.0 Å². The van der Waals surface area contributed by atoms with E-state index in [1.165, 1.54) is 4.90 Å². The van der Waals surface area contributed by atoms with E-state index in [2.05, 4.69) is 5.32 Å². The minimum atomic E-state index is -4.06. The Morgan fingerprint density at radius 3 is 2.21 bits per heavy atom. The second-order valence-corrected chi connectivity index (χ2v) is 11.4. The number of hydrogen-bond donors (Lipinski definition) is 1. The lowest BCUT2D eigenvalue weighted by Crippen LogP contribution is -2.51. The van der Waals surface area contributed by atoms with Gasteiger partial charge in [0.25, 0.3) is 10.0 Å². The second-order valence-electron chi connectivity index (χ2n) is 9.49. The molecule has 1 atom stereocenters. The van der Waals surface area contributed by atoms with Crippen LogP contribution in [0.3, 0.4) is 0 Å². The molecule has 0 aliphatic rings. The summed E-state index contributed by atoms with van der Waals surface area (Å²) >= 11 is 0. The number of rotatable bonds is 12. The van der Waals surface area contributed by atoms with Crippen molar-refractivity contribution < 1.29 is 18.0 Å². The van der Waals surface area contributed by atoms with E-state index in [0.717, 1.165) is 33.8 Å². The predicted molar refractivity (Wildman–Crippen MR) is 151 cm³/mol. The maximum absolute atomic E-state index is 13.9. The first-order valence-corrected chi connectivity index (χ1v) is 14.3. The number of anilines is 1. The highest BCUT2D eigenvalue weighted by Gasteiger charge is 2.32. The van der Waals surface area contributed by atoms with Crippen LogP contribution in [0.25, 0.3) is 0 Å². The van der Waals surface area contributed by atoms with Crippen molar-refractivity contribution in [2.75, 3.05) is 17.4 Å². The van der Waals surface area contributed by atoms with Crippen molar-refractivity contribution in [2.24, 2.45) is 0 Å². The zero-order chi connectivity index (χ0) is 27.7.